The Morgan fingerprint density at radius 1 is 0.276 bits per heavy atom. The lowest BCUT2D eigenvalue weighted by molar-refractivity contribution is -0.296. The van der Waals surface area contributed by atoms with Gasteiger partial charge in [0.15, 0.2) is 61.8 Å². The van der Waals surface area contributed by atoms with Crippen LogP contribution in [0.15, 0.2) is 0 Å². The first kappa shape index (κ1) is 99.8. The van der Waals surface area contributed by atoms with Gasteiger partial charge in [0.05, 0.1) is 160 Å². The second-order valence-corrected chi connectivity index (χ2v) is 54.4. The molecule has 30 aliphatic rings. The van der Waals surface area contributed by atoms with E-state index in [9.17, 15) is 126 Å². The fourth-order valence-electron chi connectivity index (χ4n) is 42.2. The summed E-state index contributed by atoms with van der Waals surface area (Å²) < 4.78 is 118. The fraction of sp³-hybridized carbons (Fsp3) is 0.940. The minimum atomic E-state index is -2.06. The number of ether oxygens (including phenoxy) is 20. The molecule has 0 aromatic rings. The van der Waals surface area contributed by atoms with Crippen molar-refractivity contribution in [3.8, 4) is 0 Å². The molecule has 10 saturated carbocycles. The summed E-state index contributed by atoms with van der Waals surface area (Å²) in [5, 5.41) is 215. The van der Waals surface area contributed by atoms with Crippen LogP contribution < -0.4 is 0 Å². The number of fused-ring (bicyclic) bond motifs is 5. The molecule has 30 rings (SSSR count). The number of rotatable bonds is 0. The minimum Gasteiger partial charge on any atom is -0.457 e. The Morgan fingerprint density at radius 2 is 0.566 bits per heavy atom. The average Bonchev–Trinajstić information content (AvgIpc) is 1.45. The minimum absolute atomic E-state index is 0.0465. The van der Waals surface area contributed by atoms with Gasteiger partial charge in [-0.25, -0.2) is 28.8 Å². The van der Waals surface area contributed by atoms with Gasteiger partial charge in [-0.05, 0) is 59.2 Å². The van der Waals surface area contributed by atoms with Gasteiger partial charge in [0, 0.05) is 59.2 Å². The van der Waals surface area contributed by atoms with Gasteiger partial charge < -0.3 is 192 Å². The maximum atomic E-state index is 13.4. The number of aliphatic hydroxyl groups is 19. The highest BCUT2D eigenvalue weighted by Crippen LogP contribution is 2.93. The van der Waals surface area contributed by atoms with Gasteiger partial charge in [-0.2, -0.15) is 0 Å². The van der Waals surface area contributed by atoms with Crippen molar-refractivity contribution < 1.29 is 221 Å². The molecule has 19 N–H and O–H groups in total. The molecule has 0 aromatic carbocycles. The van der Waals surface area contributed by atoms with Crippen LogP contribution in [-0.2, 0) is 124 Å². The van der Waals surface area contributed by atoms with E-state index in [-0.39, 0.29) is 58.0 Å². The Hall–Kier alpha value is -4.50. The van der Waals surface area contributed by atoms with Gasteiger partial charge >= 0.3 is 35.8 Å². The Labute approximate surface area is 831 Å². The van der Waals surface area contributed by atoms with Crippen LogP contribution in [0.5, 0.6) is 0 Å². The quantitative estimate of drug-likeness (QED) is 0.0796. The van der Waals surface area contributed by atoms with Crippen molar-refractivity contribution in [2.45, 2.75) is 405 Å². The molecule has 45 nitrogen and oxygen atoms in total. The lowest BCUT2D eigenvalue weighted by atomic mass is 9.51. The number of esters is 6. The maximum absolute atomic E-state index is 13.4. The van der Waals surface area contributed by atoms with Crippen molar-refractivity contribution in [3.05, 3.63) is 0 Å². The van der Waals surface area contributed by atoms with Crippen LogP contribution in [0.3, 0.4) is 0 Å². The summed E-state index contributed by atoms with van der Waals surface area (Å²) in [6.07, 6.45) is -32.2. The first-order valence-electron chi connectivity index (χ1n) is 51.6. The summed E-state index contributed by atoms with van der Waals surface area (Å²) in [7, 11) is 0. The standard InChI is InChI=1S/C20H26O10.2C20H28O9.C20H26O9.C20H30O8/c1-6-12(23)27-7-5-17-11-8(21)9(16(2,3)4)18(17)10(22)13(24)29-15(18)30-20(17,14(25)28-11)19(6,7)26;3*1-7-6-26-8-5-17-12-9(21)10(16(2,3)4)18(17)11(22)13(23)28-15(18)29-20(17,14(24)27-12)19(7,8)25;1-8-6-25-10-5-17-13-11(22)12(16(2,3)4)18(17)9(21)7-26-15(18)28-20(17,14(23)27-13)19(8,10)24/h6-12,15,21-23,26H,5H2,1-4H3;2*7-13,15,21-23,25H,5-6H2,1-4H3;7-12,15,21-22,25H,5-6H2,1-4H3;8-15,21-24H,5-7H2,1-4H3/t6-,7?,8-,9+,10+,11?,12?,15+,17?,18?,19-,20-;2*7-,8?,9-,10+,11+,12?,13+,15+,17?,18?,19-,20-;7-,8?,9-,10+,11+,12?,15+,17?,18?,19-,20-;8-,9+,10?,11-,12+,13?,14?,15+,17?,18?,19-,20-/m11111/s1. The van der Waals surface area contributed by atoms with Gasteiger partial charge in [0.1, 0.15) is 64.6 Å². The summed E-state index contributed by atoms with van der Waals surface area (Å²) in [6, 6.07) is 0. The zero-order valence-corrected chi connectivity index (χ0v) is 84.2. The Morgan fingerprint density at radius 3 is 0.917 bits per heavy atom. The van der Waals surface area contributed by atoms with Crippen LogP contribution in [0.2, 0.25) is 0 Å². The first-order chi connectivity index (χ1) is 67.1. The van der Waals surface area contributed by atoms with Crippen molar-refractivity contribution in [1.82, 2.24) is 0 Å². The number of carbonyl (C=O) groups is 6. The van der Waals surface area contributed by atoms with Crippen LogP contribution in [0, 0.1) is 140 Å². The van der Waals surface area contributed by atoms with Crippen LogP contribution in [0.25, 0.3) is 0 Å². The Balaban J connectivity index is 0.0000000923. The van der Waals surface area contributed by atoms with E-state index >= 15 is 0 Å². The van der Waals surface area contributed by atoms with Gasteiger partial charge in [-0.15, -0.1) is 0 Å². The average molecular weight is 2060 g/mol. The third-order valence-corrected chi connectivity index (χ3v) is 45.3. The normalized spacial score (nSPS) is 64.2. The van der Waals surface area contributed by atoms with Crippen molar-refractivity contribution >= 4 is 35.8 Å². The molecular formula is C100H138O45. The molecule has 45 heteroatoms. The number of hydrogen-bond acceptors (Lipinski definition) is 45. The number of carbonyl (C=O) groups excluding carboxylic acids is 6. The van der Waals surface area contributed by atoms with E-state index < -0.39 is 405 Å². The summed E-state index contributed by atoms with van der Waals surface area (Å²) >= 11 is 0. The summed E-state index contributed by atoms with van der Waals surface area (Å²) in [6.45, 7) is 38.8. The molecule has 0 amide bonds. The molecular weight excluding hydrogens is 1920 g/mol. The highest BCUT2D eigenvalue weighted by atomic mass is 16.8. The SMILES string of the molecule is C[C@@H]1C(O)OC2CC34C5OC(=O)[C@]3(O[C@@H]3OC(=O)[C@H](O)C34[C@H](C(C)(C)C)[C@H]5O)[C@]21O.C[C@@H]1COC2CC34C5OC(=O)[C@]3(O[C@@H]3OC(=O)[C@H](O)C34[C@H](C(C)(C)C)[C@H]5O)[C@]21O.C[C@@H]1COC2CC34C5OC(=O)[C@]3(O[C@@H]3O[C@H](O)[C@H](O)C34[C@H](C(C)(C)C)[C@H]5O)[C@]21O.C[C@@H]1COC2CC34C5OC(=O)[C@]3(O[C@@H]3O[C@H](O)[C@H](O)C34[C@H](C(C)(C)C)[C@H]5O)[C@]21O.C[C@@H]1COC2CC34C5OC(O)[C@]3(O[C@@H]3OC[C@H](O)C34[C@H](C(C)(C)C)[C@H]5O)[C@]21O. The fourth-order valence-corrected chi connectivity index (χ4v) is 42.2. The molecule has 20 aliphatic heterocycles. The van der Waals surface area contributed by atoms with Gasteiger partial charge in [0.2, 0.25) is 35.0 Å². The highest BCUT2D eigenvalue weighted by molar-refractivity contribution is 5.94. The van der Waals surface area contributed by atoms with E-state index in [4.69, 9.17) is 94.7 Å². The third-order valence-electron chi connectivity index (χ3n) is 45.3. The second kappa shape index (κ2) is 27.8. The topological polar surface area (TPSA) is 671 Å². The summed E-state index contributed by atoms with van der Waals surface area (Å²) in [5.74, 6) is -10.6. The van der Waals surface area contributed by atoms with Gasteiger partial charge in [0.25, 0.3) is 0 Å². The van der Waals surface area contributed by atoms with Crippen molar-refractivity contribution in [1.29, 1.82) is 0 Å². The van der Waals surface area contributed by atoms with Crippen molar-refractivity contribution in [3.63, 3.8) is 0 Å². The van der Waals surface area contributed by atoms with E-state index in [1.165, 1.54) is 6.92 Å². The molecule has 0 radical (unpaired) electrons. The molecule has 22 unspecified atom stereocenters. The number of hydrogen-bond donors (Lipinski definition) is 19. The third kappa shape index (κ3) is 8.86. The van der Waals surface area contributed by atoms with Crippen LogP contribution in [0.1, 0.15) is 171 Å². The molecule has 0 bridgehead atoms. The predicted molar refractivity (Wildman–Crippen MR) is 463 cm³/mol. The molecule has 30 fully saturated rings. The number of aliphatic hydroxyl groups excluding tert-OH is 14. The molecule has 808 valence electrons. The monoisotopic (exact) mass is 2060 g/mol. The predicted octanol–water partition coefficient (Wildman–Crippen LogP) is -5.31. The highest BCUT2D eigenvalue weighted by Gasteiger charge is 3.09. The van der Waals surface area contributed by atoms with Crippen LogP contribution >= 0.6 is 0 Å². The molecule has 0 aromatic heterocycles. The van der Waals surface area contributed by atoms with E-state index in [0.717, 1.165) is 0 Å². The van der Waals surface area contributed by atoms with Gasteiger partial charge in [-0.1, -0.05) is 138 Å². The lowest BCUT2D eigenvalue weighted by Crippen LogP contribution is -2.67. The molecule has 145 heavy (non-hydrogen) atoms. The summed E-state index contributed by atoms with van der Waals surface area (Å²) in [5.41, 5.74) is -33.5. The van der Waals surface area contributed by atoms with Gasteiger partial charge in [-0.3, -0.25) is 0 Å². The molecule has 20 heterocycles. The van der Waals surface area contributed by atoms with Crippen LogP contribution in [-0.4, -0.2) is 401 Å². The van der Waals surface area contributed by atoms with E-state index in [1.54, 1.807) is 20.8 Å². The smallest absolute Gasteiger partial charge is 0.342 e. The Kier molecular flexibility index (Phi) is 19.1. The molecule has 10 aliphatic carbocycles. The van der Waals surface area contributed by atoms with E-state index in [2.05, 4.69) is 0 Å². The van der Waals surface area contributed by atoms with Crippen molar-refractivity contribution in [2.75, 3.05) is 33.0 Å². The second-order valence-electron chi connectivity index (χ2n) is 54.4. The van der Waals surface area contributed by atoms with Crippen LogP contribution in [0.4, 0.5) is 0 Å². The zero-order chi connectivity index (χ0) is 105. The largest absolute Gasteiger partial charge is 0.457 e. The van der Waals surface area contributed by atoms with Crippen molar-refractivity contribution in [2.24, 2.45) is 140 Å². The molecule has 20 saturated heterocycles. The van der Waals surface area contributed by atoms with E-state index in [1.807, 2.05) is 111 Å². The molecule has 59 atom stereocenters. The Bertz CT molecular complexity index is 5510. The first-order valence-corrected chi connectivity index (χ1v) is 51.6. The lowest BCUT2D eigenvalue weighted by Gasteiger charge is -2.49. The maximum Gasteiger partial charge on any atom is 0.342 e. The molecule has 10 spiro atoms. The summed E-state index contributed by atoms with van der Waals surface area (Å²) in [4.78, 5) is 78.6. The zero-order valence-electron chi connectivity index (χ0n) is 84.2. The van der Waals surface area contributed by atoms with E-state index in [0.29, 0.717) is 13.0 Å².